The van der Waals surface area contributed by atoms with Gasteiger partial charge in [-0.3, -0.25) is 10.1 Å². The first-order valence-corrected chi connectivity index (χ1v) is 7.10. The number of carbonyl (C=O) groups is 2. The molecule has 1 aromatic heterocycles. The highest BCUT2D eigenvalue weighted by Crippen LogP contribution is 2.38. The normalized spacial score (nSPS) is 10.3. The molecule has 0 saturated heterocycles. The minimum Gasteiger partial charge on any atom is -0.478 e. The summed E-state index contributed by atoms with van der Waals surface area (Å²) in [4.78, 5) is 32.8. The van der Waals surface area contributed by atoms with Gasteiger partial charge in [-0.05, 0) is 23.6 Å². The summed E-state index contributed by atoms with van der Waals surface area (Å²) in [5.41, 5.74) is -0.572. The van der Waals surface area contributed by atoms with Crippen LogP contribution in [0.5, 0.6) is 0 Å². The summed E-state index contributed by atoms with van der Waals surface area (Å²) in [5, 5.41) is 30.5. The summed E-state index contributed by atoms with van der Waals surface area (Å²) >= 11 is 1.93. The summed E-state index contributed by atoms with van der Waals surface area (Å²) in [6.45, 7) is 0. The number of nitro groups is 1. The van der Waals surface area contributed by atoms with Crippen molar-refractivity contribution in [2.45, 2.75) is 9.79 Å². The van der Waals surface area contributed by atoms with Gasteiger partial charge in [-0.1, -0.05) is 11.8 Å². The van der Waals surface area contributed by atoms with Gasteiger partial charge in [-0.25, -0.2) is 9.59 Å². The molecule has 0 aliphatic rings. The minimum absolute atomic E-state index is 0.0802. The van der Waals surface area contributed by atoms with Crippen LogP contribution < -0.4 is 0 Å². The van der Waals surface area contributed by atoms with Crippen LogP contribution >= 0.6 is 23.1 Å². The Labute approximate surface area is 126 Å². The van der Waals surface area contributed by atoms with Crippen LogP contribution in [0.3, 0.4) is 0 Å². The lowest BCUT2D eigenvalue weighted by Crippen LogP contribution is -1.99. The van der Waals surface area contributed by atoms with Crippen LogP contribution in [0.2, 0.25) is 0 Å². The standard InChI is InChI=1S/C12H7NO6S2/c14-11(15)6-1-2-8(7(5-6)13(18)19)21-9-3-4-20-10(9)12(16)17/h1-5H,(H,14,15)(H,16,17). The Morgan fingerprint density at radius 3 is 2.43 bits per heavy atom. The number of carboxylic acid groups (broad SMARTS) is 2. The first kappa shape index (κ1) is 15.0. The molecule has 9 heteroatoms. The number of nitrogens with zero attached hydrogens (tertiary/aromatic N) is 1. The number of aromatic carboxylic acids is 2. The van der Waals surface area contributed by atoms with Crippen molar-refractivity contribution < 1.29 is 24.7 Å². The largest absolute Gasteiger partial charge is 0.478 e. The molecule has 0 aliphatic carbocycles. The van der Waals surface area contributed by atoms with Crippen molar-refractivity contribution in [1.82, 2.24) is 0 Å². The zero-order valence-corrected chi connectivity index (χ0v) is 11.8. The molecule has 1 aromatic carbocycles. The number of thiophene rings is 1. The van der Waals surface area contributed by atoms with E-state index in [4.69, 9.17) is 10.2 Å². The highest BCUT2D eigenvalue weighted by atomic mass is 32.2. The highest BCUT2D eigenvalue weighted by Gasteiger charge is 2.21. The van der Waals surface area contributed by atoms with E-state index < -0.39 is 16.9 Å². The van der Waals surface area contributed by atoms with E-state index in [0.717, 1.165) is 29.2 Å². The van der Waals surface area contributed by atoms with Gasteiger partial charge < -0.3 is 10.2 Å². The molecular weight excluding hydrogens is 318 g/mol. The molecule has 108 valence electrons. The van der Waals surface area contributed by atoms with Crippen molar-refractivity contribution in [3.8, 4) is 0 Å². The van der Waals surface area contributed by atoms with Gasteiger partial charge in [-0.15, -0.1) is 11.3 Å². The second-order valence-electron chi connectivity index (χ2n) is 3.77. The maximum absolute atomic E-state index is 11.0. The minimum atomic E-state index is -1.27. The molecular formula is C12H7NO6S2. The van der Waals surface area contributed by atoms with Crippen LogP contribution in [0.1, 0.15) is 20.0 Å². The van der Waals surface area contributed by atoms with E-state index in [9.17, 15) is 19.7 Å². The molecule has 0 saturated carbocycles. The summed E-state index contributed by atoms with van der Waals surface area (Å²) in [6, 6.07) is 5.05. The summed E-state index contributed by atoms with van der Waals surface area (Å²) in [7, 11) is 0. The number of carboxylic acids is 2. The highest BCUT2D eigenvalue weighted by molar-refractivity contribution is 7.99. The van der Waals surface area contributed by atoms with Crippen LogP contribution in [0.15, 0.2) is 39.4 Å². The second kappa shape index (κ2) is 5.94. The first-order chi connectivity index (χ1) is 9.90. The van der Waals surface area contributed by atoms with Crippen molar-refractivity contribution in [3.05, 3.63) is 50.2 Å². The average Bonchev–Trinajstić information content (AvgIpc) is 2.87. The lowest BCUT2D eigenvalue weighted by molar-refractivity contribution is -0.387. The van der Waals surface area contributed by atoms with Gasteiger partial charge in [0, 0.05) is 11.0 Å². The topological polar surface area (TPSA) is 118 Å². The fourth-order valence-electron chi connectivity index (χ4n) is 1.53. The summed E-state index contributed by atoms with van der Waals surface area (Å²) in [6.07, 6.45) is 0. The third-order valence-electron chi connectivity index (χ3n) is 2.45. The van der Waals surface area contributed by atoms with Crippen molar-refractivity contribution >= 4 is 40.7 Å². The van der Waals surface area contributed by atoms with Gasteiger partial charge in [0.15, 0.2) is 0 Å². The average molecular weight is 325 g/mol. The quantitative estimate of drug-likeness (QED) is 0.640. The molecule has 2 rings (SSSR count). The Bertz CT molecular complexity index is 739. The first-order valence-electron chi connectivity index (χ1n) is 5.40. The predicted octanol–water partition coefficient (Wildman–Crippen LogP) is 3.20. The van der Waals surface area contributed by atoms with E-state index in [1.54, 1.807) is 11.4 Å². The Hall–Kier alpha value is -2.39. The molecule has 7 nitrogen and oxygen atoms in total. The number of hydrogen-bond acceptors (Lipinski definition) is 6. The maximum Gasteiger partial charge on any atom is 0.347 e. The number of benzene rings is 1. The third kappa shape index (κ3) is 3.20. The van der Waals surface area contributed by atoms with Crippen molar-refractivity contribution in [2.24, 2.45) is 0 Å². The van der Waals surface area contributed by atoms with E-state index in [0.29, 0.717) is 4.90 Å². The molecule has 0 fully saturated rings. The van der Waals surface area contributed by atoms with Crippen molar-refractivity contribution in [3.63, 3.8) is 0 Å². The van der Waals surface area contributed by atoms with Gasteiger partial charge in [-0.2, -0.15) is 0 Å². The van der Waals surface area contributed by atoms with Gasteiger partial charge in [0.05, 0.1) is 15.4 Å². The molecule has 0 amide bonds. The number of hydrogen-bond donors (Lipinski definition) is 2. The third-order valence-corrected chi connectivity index (χ3v) is 4.60. The molecule has 0 aliphatic heterocycles. The molecule has 21 heavy (non-hydrogen) atoms. The van der Waals surface area contributed by atoms with E-state index in [1.807, 2.05) is 0 Å². The Morgan fingerprint density at radius 2 is 1.86 bits per heavy atom. The van der Waals surface area contributed by atoms with Crippen LogP contribution in [-0.2, 0) is 0 Å². The monoisotopic (exact) mass is 325 g/mol. The lowest BCUT2D eigenvalue weighted by atomic mass is 10.2. The van der Waals surface area contributed by atoms with E-state index in [-0.39, 0.29) is 21.0 Å². The zero-order chi connectivity index (χ0) is 15.6. The molecule has 1 heterocycles. The second-order valence-corrected chi connectivity index (χ2v) is 5.77. The summed E-state index contributed by atoms with van der Waals surface area (Å²) < 4.78 is 0. The van der Waals surface area contributed by atoms with E-state index in [1.165, 1.54) is 12.1 Å². The Balaban J connectivity index is 2.44. The Morgan fingerprint density at radius 1 is 1.14 bits per heavy atom. The fraction of sp³-hybridized carbons (Fsp3) is 0. The smallest absolute Gasteiger partial charge is 0.347 e. The Kier molecular flexibility index (Phi) is 4.24. The van der Waals surface area contributed by atoms with Gasteiger partial charge in [0.1, 0.15) is 4.88 Å². The number of nitro benzene ring substituents is 1. The van der Waals surface area contributed by atoms with Gasteiger partial charge >= 0.3 is 11.9 Å². The number of rotatable bonds is 5. The molecule has 0 bridgehead atoms. The van der Waals surface area contributed by atoms with Gasteiger partial charge in [0.25, 0.3) is 5.69 Å². The SMILES string of the molecule is O=C(O)c1ccc(Sc2ccsc2C(=O)O)c([N+](=O)[O-])c1. The molecule has 0 spiro atoms. The zero-order valence-electron chi connectivity index (χ0n) is 10.2. The van der Waals surface area contributed by atoms with E-state index >= 15 is 0 Å². The molecule has 0 atom stereocenters. The van der Waals surface area contributed by atoms with Crippen LogP contribution in [0, 0.1) is 10.1 Å². The molecule has 2 N–H and O–H groups in total. The predicted molar refractivity (Wildman–Crippen MR) is 75.5 cm³/mol. The molecule has 0 unspecified atom stereocenters. The van der Waals surface area contributed by atoms with Crippen LogP contribution in [-0.4, -0.2) is 27.1 Å². The van der Waals surface area contributed by atoms with Crippen LogP contribution in [0.4, 0.5) is 5.69 Å². The molecule has 0 radical (unpaired) electrons. The molecule has 2 aromatic rings. The maximum atomic E-state index is 11.0. The summed E-state index contributed by atoms with van der Waals surface area (Å²) in [5.74, 6) is -2.38. The van der Waals surface area contributed by atoms with Crippen molar-refractivity contribution in [1.29, 1.82) is 0 Å². The fourth-order valence-corrected chi connectivity index (χ4v) is 3.44. The lowest BCUT2D eigenvalue weighted by Gasteiger charge is -2.03. The van der Waals surface area contributed by atoms with Crippen LogP contribution in [0.25, 0.3) is 0 Å². The van der Waals surface area contributed by atoms with Crippen molar-refractivity contribution in [2.75, 3.05) is 0 Å². The van der Waals surface area contributed by atoms with E-state index in [2.05, 4.69) is 0 Å². The van der Waals surface area contributed by atoms with Gasteiger partial charge in [0.2, 0.25) is 0 Å².